The minimum atomic E-state index is -1.04. The molecule has 1 heterocycles. The normalized spacial score (nSPS) is 16.9. The minimum Gasteiger partial charge on any atom is -0.370 e. The van der Waals surface area contributed by atoms with Crippen LogP contribution in [-0.4, -0.2) is 90.0 Å². The van der Waals surface area contributed by atoms with Crippen molar-refractivity contribution in [3.8, 4) is 0 Å². The van der Waals surface area contributed by atoms with Crippen LogP contribution in [0.15, 0.2) is 35.3 Å². The Morgan fingerprint density at radius 2 is 1.67 bits per heavy atom. The first-order chi connectivity index (χ1) is 21.8. The van der Waals surface area contributed by atoms with E-state index in [-0.39, 0.29) is 50.7 Å². The number of nitrogens with two attached hydrogens (primary N) is 4. The van der Waals surface area contributed by atoms with Crippen LogP contribution in [0.4, 0.5) is 0 Å². The number of hydrogen-bond donors (Lipinski definition) is 7. The van der Waals surface area contributed by atoms with Crippen molar-refractivity contribution in [2.75, 3.05) is 13.1 Å². The second kappa shape index (κ2) is 19.1. The van der Waals surface area contributed by atoms with Gasteiger partial charge >= 0.3 is 0 Å². The number of primary amides is 1. The lowest BCUT2D eigenvalue weighted by atomic mass is 10.0. The molecule has 46 heavy (non-hydrogen) atoms. The Kier molecular flexibility index (Phi) is 15.6. The topological polar surface area (TPSA) is 258 Å². The summed E-state index contributed by atoms with van der Waals surface area (Å²) in [5, 5.41) is 8.17. The lowest BCUT2D eigenvalue weighted by Crippen LogP contribution is -2.58. The molecule has 5 atom stereocenters. The number of carbonyl (C=O) groups excluding carboxylic acids is 6. The number of nitrogens with zero attached hydrogens (tertiary/aromatic N) is 2. The van der Waals surface area contributed by atoms with Crippen molar-refractivity contribution in [1.82, 2.24) is 20.9 Å². The Morgan fingerprint density at radius 1 is 0.978 bits per heavy atom. The van der Waals surface area contributed by atoms with Gasteiger partial charge in [-0.15, -0.1) is 0 Å². The summed E-state index contributed by atoms with van der Waals surface area (Å²) >= 11 is 0. The number of hydrogen-bond acceptors (Lipinski definition) is 8. The number of guanidine groups is 1. The molecule has 254 valence electrons. The molecule has 0 saturated carbocycles. The molecule has 0 unspecified atom stereocenters. The third-order valence-electron chi connectivity index (χ3n) is 7.57. The molecule has 0 aromatic heterocycles. The van der Waals surface area contributed by atoms with E-state index in [1.54, 1.807) is 0 Å². The van der Waals surface area contributed by atoms with Gasteiger partial charge in [-0.25, -0.2) is 0 Å². The highest BCUT2D eigenvalue weighted by atomic mass is 16.2. The molecule has 0 aliphatic carbocycles. The summed E-state index contributed by atoms with van der Waals surface area (Å²) in [6, 6.07) is 4.44. The first-order valence-electron chi connectivity index (χ1n) is 15.6. The fourth-order valence-electron chi connectivity index (χ4n) is 5.23. The van der Waals surface area contributed by atoms with E-state index in [0.717, 1.165) is 5.56 Å². The molecule has 11 N–H and O–H groups in total. The van der Waals surface area contributed by atoms with Gasteiger partial charge in [0.05, 0.1) is 12.1 Å². The molecule has 1 aliphatic heterocycles. The first-order valence-corrected chi connectivity index (χ1v) is 15.6. The first kappa shape index (κ1) is 37.7. The van der Waals surface area contributed by atoms with Gasteiger partial charge in [-0.3, -0.25) is 29.0 Å². The van der Waals surface area contributed by atoms with E-state index in [2.05, 4.69) is 20.9 Å². The molecule has 5 amide bonds. The molecule has 15 nitrogen and oxygen atoms in total. The van der Waals surface area contributed by atoms with Gasteiger partial charge < -0.3 is 48.6 Å². The van der Waals surface area contributed by atoms with E-state index in [1.165, 1.54) is 4.90 Å². The molecule has 2 rings (SSSR count). The highest BCUT2D eigenvalue weighted by molar-refractivity contribution is 5.95. The van der Waals surface area contributed by atoms with Crippen LogP contribution in [0, 0.1) is 5.92 Å². The lowest BCUT2D eigenvalue weighted by molar-refractivity contribution is -0.142. The number of nitrogens with one attached hydrogen (secondary N) is 3. The molecule has 1 aromatic rings. The molecular formula is C31H49N9O6. The number of benzene rings is 1. The van der Waals surface area contributed by atoms with Crippen LogP contribution in [0.25, 0.3) is 0 Å². The smallest absolute Gasteiger partial charge is 0.245 e. The third-order valence-corrected chi connectivity index (χ3v) is 7.57. The molecular weight excluding hydrogens is 594 g/mol. The van der Waals surface area contributed by atoms with Crippen LogP contribution < -0.4 is 38.9 Å². The molecule has 15 heteroatoms. The zero-order valence-corrected chi connectivity index (χ0v) is 26.7. The van der Waals surface area contributed by atoms with Gasteiger partial charge in [0, 0.05) is 19.5 Å². The van der Waals surface area contributed by atoms with Gasteiger partial charge in [-0.1, -0.05) is 44.2 Å². The number of aldehydes is 1. The maximum atomic E-state index is 13.7. The zero-order chi connectivity index (χ0) is 34.2. The number of amides is 5. The maximum Gasteiger partial charge on any atom is 0.245 e. The fraction of sp³-hybridized carbons (Fsp3) is 0.581. The Morgan fingerprint density at radius 3 is 2.28 bits per heavy atom. The van der Waals surface area contributed by atoms with Crippen molar-refractivity contribution in [1.29, 1.82) is 0 Å². The quantitative estimate of drug-likeness (QED) is 0.0403. The summed E-state index contributed by atoms with van der Waals surface area (Å²) < 4.78 is 0. The van der Waals surface area contributed by atoms with Crippen molar-refractivity contribution in [3.63, 3.8) is 0 Å². The summed E-state index contributed by atoms with van der Waals surface area (Å²) in [7, 11) is 0. The van der Waals surface area contributed by atoms with E-state index >= 15 is 0 Å². The highest BCUT2D eigenvalue weighted by Crippen LogP contribution is 2.21. The van der Waals surface area contributed by atoms with Gasteiger partial charge in [-0.2, -0.15) is 0 Å². The van der Waals surface area contributed by atoms with Crippen LogP contribution in [0.5, 0.6) is 0 Å². The Labute approximate surface area is 269 Å². The van der Waals surface area contributed by atoms with E-state index in [4.69, 9.17) is 22.9 Å². The monoisotopic (exact) mass is 643 g/mol. The predicted octanol–water partition coefficient (Wildman–Crippen LogP) is -1.43. The van der Waals surface area contributed by atoms with Gasteiger partial charge in [0.2, 0.25) is 29.5 Å². The van der Waals surface area contributed by atoms with E-state index < -0.39 is 59.7 Å². The Balaban J connectivity index is 2.17. The summed E-state index contributed by atoms with van der Waals surface area (Å²) in [6.07, 6.45) is 2.57. The second-order valence-electron chi connectivity index (χ2n) is 11.9. The van der Waals surface area contributed by atoms with Crippen molar-refractivity contribution < 1.29 is 28.8 Å². The SMILES string of the molecule is CC(C)C[C@H](NC(=O)[C@@H](N)CCC(N)=O)C(=O)N1CCC[C@H]1C(=O)N[C@@H](CCCN=C(N)N)C(=O)N[C@H](C=O)Cc1ccccc1. The summed E-state index contributed by atoms with van der Waals surface area (Å²) in [6.45, 7) is 4.28. The molecule has 1 fully saturated rings. The largest absolute Gasteiger partial charge is 0.370 e. The molecule has 1 saturated heterocycles. The van der Waals surface area contributed by atoms with Gasteiger partial charge in [-0.05, 0) is 56.4 Å². The van der Waals surface area contributed by atoms with Crippen molar-refractivity contribution >= 4 is 41.8 Å². The highest BCUT2D eigenvalue weighted by Gasteiger charge is 2.39. The van der Waals surface area contributed by atoms with Crippen LogP contribution in [-0.2, 0) is 35.2 Å². The maximum absolute atomic E-state index is 13.7. The molecule has 1 aromatic carbocycles. The van der Waals surface area contributed by atoms with E-state index in [0.29, 0.717) is 32.0 Å². The number of carbonyl (C=O) groups is 6. The average Bonchev–Trinajstić information content (AvgIpc) is 3.50. The molecule has 1 aliphatic rings. The minimum absolute atomic E-state index is 0.0194. The Hall–Kier alpha value is -4.53. The van der Waals surface area contributed by atoms with Crippen molar-refractivity contribution in [2.45, 2.75) is 95.4 Å². The second-order valence-corrected chi connectivity index (χ2v) is 11.9. The van der Waals surface area contributed by atoms with Gasteiger partial charge in [0.1, 0.15) is 24.4 Å². The van der Waals surface area contributed by atoms with Gasteiger partial charge in [0.25, 0.3) is 0 Å². The van der Waals surface area contributed by atoms with Crippen LogP contribution in [0.1, 0.15) is 64.4 Å². The molecule has 0 spiro atoms. The zero-order valence-electron chi connectivity index (χ0n) is 26.7. The number of aliphatic imine (C=N–C) groups is 1. The van der Waals surface area contributed by atoms with Crippen LogP contribution >= 0.6 is 0 Å². The third kappa shape index (κ3) is 12.8. The summed E-state index contributed by atoms with van der Waals surface area (Å²) in [5.41, 5.74) is 22.8. The Bertz CT molecular complexity index is 1220. The number of rotatable bonds is 19. The van der Waals surface area contributed by atoms with Crippen molar-refractivity contribution in [3.05, 3.63) is 35.9 Å². The van der Waals surface area contributed by atoms with Gasteiger partial charge in [0.15, 0.2) is 5.96 Å². The van der Waals surface area contributed by atoms with E-state index in [1.807, 2.05) is 44.2 Å². The number of likely N-dealkylation sites (tertiary alicyclic amines) is 1. The van der Waals surface area contributed by atoms with E-state index in [9.17, 15) is 28.8 Å². The summed E-state index contributed by atoms with van der Waals surface area (Å²) in [5.74, 6) is -2.82. The van der Waals surface area contributed by atoms with Crippen LogP contribution in [0.2, 0.25) is 0 Å². The predicted molar refractivity (Wildman–Crippen MR) is 173 cm³/mol. The standard InChI is InChI=1S/C31H49N9O6/c1-19(2)16-24(39-27(43)22(32)12-13-26(33)42)30(46)40-15-7-11-25(40)29(45)38-23(10-6-14-36-31(34)35)28(44)37-21(18-41)17-20-8-4-3-5-9-20/h3-5,8-9,18-19,21-25H,6-7,10-17,32H2,1-2H3,(H2,33,42)(H,37,44)(H,38,45)(H,39,43)(H4,34,35,36)/t21-,22-,23-,24-,25-/m0/s1. The van der Waals surface area contributed by atoms with Crippen LogP contribution in [0.3, 0.4) is 0 Å². The fourth-order valence-corrected chi connectivity index (χ4v) is 5.23. The molecule has 0 radical (unpaired) electrons. The summed E-state index contributed by atoms with van der Waals surface area (Å²) in [4.78, 5) is 81.8. The molecule has 0 bridgehead atoms. The average molecular weight is 644 g/mol. The lowest BCUT2D eigenvalue weighted by Gasteiger charge is -2.31. The van der Waals surface area contributed by atoms with Crippen molar-refractivity contribution in [2.24, 2.45) is 33.8 Å².